The number of nitrogens with zero attached hydrogens (tertiary/aromatic N) is 4. The molecule has 0 aliphatic carbocycles. The third kappa shape index (κ3) is 2.50. The van der Waals surface area contributed by atoms with Crippen LogP contribution in [0, 0.1) is 6.92 Å². The van der Waals surface area contributed by atoms with Gasteiger partial charge in [0, 0.05) is 30.5 Å². The van der Waals surface area contributed by atoms with Gasteiger partial charge in [0.2, 0.25) is 0 Å². The van der Waals surface area contributed by atoms with E-state index in [9.17, 15) is 0 Å². The van der Waals surface area contributed by atoms with E-state index in [-0.39, 0.29) is 0 Å². The summed E-state index contributed by atoms with van der Waals surface area (Å²) in [6.07, 6.45) is 5.12. The van der Waals surface area contributed by atoms with Gasteiger partial charge in [0.1, 0.15) is 10.8 Å². The third-order valence-corrected chi connectivity index (χ3v) is 2.93. The molecule has 0 amide bonds. The van der Waals surface area contributed by atoms with Gasteiger partial charge >= 0.3 is 0 Å². The smallest absolute Gasteiger partial charge is 0.147 e. The van der Waals surface area contributed by atoms with Gasteiger partial charge in [-0.05, 0) is 6.92 Å². The molecule has 0 bridgehead atoms. The van der Waals surface area contributed by atoms with E-state index < -0.39 is 0 Å². The fourth-order valence-corrected chi connectivity index (χ4v) is 2.07. The van der Waals surface area contributed by atoms with Gasteiger partial charge in [-0.1, -0.05) is 0 Å². The van der Waals surface area contributed by atoms with Crippen LogP contribution in [0.25, 0.3) is 0 Å². The number of hydrogen-bond acceptors (Lipinski definition) is 5. The van der Waals surface area contributed by atoms with Gasteiger partial charge in [0.15, 0.2) is 0 Å². The summed E-state index contributed by atoms with van der Waals surface area (Å²) in [6, 6.07) is 0. The van der Waals surface area contributed by atoms with Crippen molar-refractivity contribution >= 4 is 17.2 Å². The second-order valence-corrected chi connectivity index (χ2v) is 4.24. The van der Waals surface area contributed by atoms with Crippen molar-refractivity contribution in [3.63, 3.8) is 0 Å². The number of aromatic nitrogens is 3. The molecular formula is C10H12N4S. The first-order valence-corrected chi connectivity index (χ1v) is 5.52. The van der Waals surface area contributed by atoms with Crippen molar-refractivity contribution < 1.29 is 0 Å². The summed E-state index contributed by atoms with van der Waals surface area (Å²) in [5.74, 6) is 0.866. The van der Waals surface area contributed by atoms with Crippen molar-refractivity contribution in [2.75, 3.05) is 11.9 Å². The lowest BCUT2D eigenvalue weighted by Crippen LogP contribution is -2.17. The normalized spacial score (nSPS) is 10.3. The Morgan fingerprint density at radius 2 is 2.27 bits per heavy atom. The largest absolute Gasteiger partial charge is 0.352 e. The monoisotopic (exact) mass is 220 g/mol. The lowest BCUT2D eigenvalue weighted by molar-refractivity contribution is 0.877. The van der Waals surface area contributed by atoms with Gasteiger partial charge in [-0.25, -0.2) is 9.97 Å². The Morgan fingerprint density at radius 3 is 2.87 bits per heavy atom. The Labute approximate surface area is 92.6 Å². The first kappa shape index (κ1) is 10.0. The summed E-state index contributed by atoms with van der Waals surface area (Å²) in [7, 11) is 1.99. The molecule has 0 aromatic carbocycles. The van der Waals surface area contributed by atoms with Crippen molar-refractivity contribution in [2.24, 2.45) is 0 Å². The van der Waals surface area contributed by atoms with Crippen molar-refractivity contribution in [2.45, 2.75) is 13.5 Å². The van der Waals surface area contributed by atoms with Crippen LogP contribution in [0.4, 0.5) is 5.82 Å². The topological polar surface area (TPSA) is 41.9 Å². The summed E-state index contributed by atoms with van der Waals surface area (Å²) in [6.45, 7) is 2.78. The minimum Gasteiger partial charge on any atom is -0.352 e. The highest BCUT2D eigenvalue weighted by atomic mass is 32.1. The average Bonchev–Trinajstić information content (AvgIpc) is 2.65. The van der Waals surface area contributed by atoms with Gasteiger partial charge in [0.25, 0.3) is 0 Å². The first-order chi connectivity index (χ1) is 7.25. The molecule has 0 saturated carbocycles. The highest BCUT2D eigenvalue weighted by molar-refractivity contribution is 7.09. The predicted molar refractivity (Wildman–Crippen MR) is 61.0 cm³/mol. The van der Waals surface area contributed by atoms with E-state index in [2.05, 4.69) is 20.3 Å². The summed E-state index contributed by atoms with van der Waals surface area (Å²) in [4.78, 5) is 14.7. The second kappa shape index (κ2) is 4.35. The standard InChI is InChI=1S/C10H12N4S/c1-8-7-15-10(13-8)6-14(2)9-5-11-3-4-12-9/h3-5,7H,6H2,1-2H3. The Bertz CT molecular complexity index is 426. The highest BCUT2D eigenvalue weighted by Gasteiger charge is 2.05. The second-order valence-electron chi connectivity index (χ2n) is 3.30. The Hall–Kier alpha value is -1.49. The minimum absolute atomic E-state index is 0.775. The maximum atomic E-state index is 4.40. The van der Waals surface area contributed by atoms with Crippen LogP contribution in [0.1, 0.15) is 10.7 Å². The molecule has 2 heterocycles. The van der Waals surface area contributed by atoms with Crippen LogP contribution < -0.4 is 4.90 Å². The van der Waals surface area contributed by atoms with E-state index in [4.69, 9.17) is 0 Å². The molecule has 0 N–H and O–H groups in total. The molecule has 2 rings (SSSR count). The third-order valence-electron chi connectivity index (χ3n) is 1.98. The van der Waals surface area contributed by atoms with Gasteiger partial charge in [-0.15, -0.1) is 11.3 Å². The highest BCUT2D eigenvalue weighted by Crippen LogP contribution is 2.14. The molecule has 15 heavy (non-hydrogen) atoms. The maximum Gasteiger partial charge on any atom is 0.147 e. The van der Waals surface area contributed by atoms with Crippen LogP contribution in [-0.2, 0) is 6.54 Å². The number of rotatable bonds is 3. The SMILES string of the molecule is Cc1csc(CN(C)c2cnccn2)n1. The molecular weight excluding hydrogens is 208 g/mol. The van der Waals surface area contributed by atoms with Crippen LogP contribution >= 0.6 is 11.3 Å². The van der Waals surface area contributed by atoms with E-state index in [1.165, 1.54) is 0 Å². The molecule has 2 aromatic rings. The zero-order valence-corrected chi connectivity index (χ0v) is 9.53. The Balaban J connectivity index is 2.07. The van der Waals surface area contributed by atoms with Crippen LogP contribution in [-0.4, -0.2) is 22.0 Å². The van der Waals surface area contributed by atoms with Gasteiger partial charge < -0.3 is 4.90 Å². The predicted octanol–water partition coefficient (Wildman–Crippen LogP) is 1.88. The molecule has 4 nitrogen and oxygen atoms in total. The minimum atomic E-state index is 0.775. The van der Waals surface area contributed by atoms with Crippen LogP contribution in [0.2, 0.25) is 0 Å². The Morgan fingerprint density at radius 1 is 1.40 bits per heavy atom. The molecule has 0 atom stereocenters. The zero-order valence-electron chi connectivity index (χ0n) is 8.71. The molecule has 2 aromatic heterocycles. The van der Waals surface area contributed by atoms with Crippen molar-refractivity contribution in [3.8, 4) is 0 Å². The molecule has 0 saturated heterocycles. The molecule has 5 heteroatoms. The number of anilines is 1. The quantitative estimate of drug-likeness (QED) is 0.792. The van der Waals surface area contributed by atoms with E-state index in [0.29, 0.717) is 0 Å². The molecule has 0 fully saturated rings. The van der Waals surface area contributed by atoms with Crippen LogP contribution in [0.3, 0.4) is 0 Å². The molecule has 0 aliphatic rings. The summed E-state index contributed by atoms with van der Waals surface area (Å²) < 4.78 is 0. The Kier molecular flexibility index (Phi) is 2.91. The van der Waals surface area contributed by atoms with Crippen LogP contribution in [0.5, 0.6) is 0 Å². The molecule has 0 unspecified atom stereocenters. The summed E-state index contributed by atoms with van der Waals surface area (Å²) in [5.41, 5.74) is 1.07. The van der Waals surface area contributed by atoms with Crippen molar-refractivity contribution in [1.82, 2.24) is 15.0 Å². The number of thiazole rings is 1. The molecule has 0 aliphatic heterocycles. The molecule has 0 spiro atoms. The average molecular weight is 220 g/mol. The van der Waals surface area contributed by atoms with Crippen molar-refractivity contribution in [3.05, 3.63) is 34.7 Å². The van der Waals surface area contributed by atoms with Gasteiger partial charge in [-0.2, -0.15) is 0 Å². The zero-order chi connectivity index (χ0) is 10.7. The van der Waals surface area contributed by atoms with E-state index in [1.54, 1.807) is 29.9 Å². The van der Waals surface area contributed by atoms with Crippen molar-refractivity contribution in [1.29, 1.82) is 0 Å². The lowest BCUT2D eigenvalue weighted by atomic mass is 10.5. The summed E-state index contributed by atoms with van der Waals surface area (Å²) in [5, 5.41) is 3.15. The molecule has 0 radical (unpaired) electrons. The fraction of sp³-hybridized carbons (Fsp3) is 0.300. The maximum absolute atomic E-state index is 4.40. The fourth-order valence-electron chi connectivity index (χ4n) is 1.25. The number of hydrogen-bond donors (Lipinski definition) is 0. The first-order valence-electron chi connectivity index (χ1n) is 4.64. The van der Waals surface area contributed by atoms with E-state index in [0.717, 1.165) is 23.1 Å². The summed E-state index contributed by atoms with van der Waals surface area (Å²) >= 11 is 1.67. The lowest BCUT2D eigenvalue weighted by Gasteiger charge is -2.15. The van der Waals surface area contributed by atoms with E-state index >= 15 is 0 Å². The molecule has 78 valence electrons. The number of aryl methyl sites for hydroxylation is 1. The van der Waals surface area contributed by atoms with E-state index in [1.807, 2.05) is 18.9 Å². The van der Waals surface area contributed by atoms with Crippen LogP contribution in [0.15, 0.2) is 24.0 Å². The van der Waals surface area contributed by atoms with Gasteiger partial charge in [0.05, 0.1) is 12.7 Å². The van der Waals surface area contributed by atoms with Gasteiger partial charge in [-0.3, -0.25) is 4.98 Å².